The third-order valence-corrected chi connectivity index (χ3v) is 4.07. The molecule has 1 saturated heterocycles. The Morgan fingerprint density at radius 1 is 1.50 bits per heavy atom. The number of carbonyl (C=O) groups is 1. The molecule has 11 heteroatoms. The minimum Gasteiger partial charge on any atom is -0.344 e. The van der Waals surface area contributed by atoms with E-state index in [0.717, 1.165) is 11.7 Å². The summed E-state index contributed by atoms with van der Waals surface area (Å²) in [5.74, 6) is -0.392. The molecule has 2 heterocycles. The monoisotopic (exact) mass is 334 g/mol. The SMILES string of the molecule is COP(=O)(O)OC[C@H]1O[C@@H](n2cc(C)c(=O)[nH]c2=O)CC1=O. The number of rotatable bonds is 5. The zero-order chi connectivity index (χ0) is 16.5. The van der Waals surface area contributed by atoms with Gasteiger partial charge in [0, 0.05) is 18.9 Å². The molecule has 1 aromatic rings. The first-order valence-electron chi connectivity index (χ1n) is 6.27. The molecular weight excluding hydrogens is 319 g/mol. The molecular formula is C11H15N2O8P. The van der Waals surface area contributed by atoms with Crippen LogP contribution >= 0.6 is 7.82 Å². The molecule has 122 valence electrons. The Morgan fingerprint density at radius 3 is 2.82 bits per heavy atom. The number of H-pyrrole nitrogens is 1. The first-order valence-corrected chi connectivity index (χ1v) is 7.76. The van der Waals surface area contributed by atoms with Crippen LogP contribution in [0.4, 0.5) is 0 Å². The second kappa shape index (κ2) is 6.27. The molecule has 0 spiro atoms. The summed E-state index contributed by atoms with van der Waals surface area (Å²) in [6, 6.07) is 0. The van der Waals surface area contributed by atoms with Gasteiger partial charge in [-0.1, -0.05) is 0 Å². The average Bonchev–Trinajstić information content (AvgIpc) is 2.82. The third kappa shape index (κ3) is 3.60. The summed E-state index contributed by atoms with van der Waals surface area (Å²) in [6.07, 6.45) is -0.846. The zero-order valence-corrected chi connectivity index (χ0v) is 12.7. The molecule has 1 unspecified atom stereocenters. The van der Waals surface area contributed by atoms with Gasteiger partial charge in [0.2, 0.25) is 0 Å². The third-order valence-electron chi connectivity index (χ3n) is 3.13. The second-order valence-corrected chi connectivity index (χ2v) is 6.24. The van der Waals surface area contributed by atoms with Gasteiger partial charge in [0.25, 0.3) is 5.56 Å². The molecule has 0 aliphatic carbocycles. The Kier molecular flexibility index (Phi) is 4.78. The van der Waals surface area contributed by atoms with E-state index in [0.29, 0.717) is 0 Å². The normalized spacial score (nSPS) is 24.4. The van der Waals surface area contributed by atoms with Gasteiger partial charge in [-0.05, 0) is 6.92 Å². The highest BCUT2D eigenvalue weighted by Crippen LogP contribution is 2.42. The van der Waals surface area contributed by atoms with Gasteiger partial charge in [-0.2, -0.15) is 0 Å². The number of ketones is 1. The fraction of sp³-hybridized carbons (Fsp3) is 0.545. The van der Waals surface area contributed by atoms with Gasteiger partial charge in [-0.3, -0.25) is 28.2 Å². The molecule has 0 amide bonds. The van der Waals surface area contributed by atoms with Crippen molar-refractivity contribution in [3.8, 4) is 0 Å². The fourth-order valence-corrected chi connectivity index (χ4v) is 2.36. The van der Waals surface area contributed by atoms with Gasteiger partial charge in [-0.15, -0.1) is 0 Å². The van der Waals surface area contributed by atoms with E-state index < -0.39 is 43.8 Å². The maximum Gasteiger partial charge on any atom is 0.472 e. The van der Waals surface area contributed by atoms with Crippen molar-refractivity contribution in [1.29, 1.82) is 0 Å². The number of Topliss-reactive ketones (excluding diaryl/α,β-unsaturated/α-hetero) is 1. The van der Waals surface area contributed by atoms with Gasteiger partial charge >= 0.3 is 13.5 Å². The largest absolute Gasteiger partial charge is 0.472 e. The summed E-state index contributed by atoms with van der Waals surface area (Å²) in [4.78, 5) is 46.1. The maximum absolute atomic E-state index is 11.8. The van der Waals surface area contributed by atoms with Crippen LogP contribution in [0.1, 0.15) is 18.2 Å². The number of hydrogen-bond acceptors (Lipinski definition) is 7. The molecule has 0 saturated carbocycles. The molecule has 1 aliphatic heterocycles. The van der Waals surface area contributed by atoms with Crippen LogP contribution in [0, 0.1) is 6.92 Å². The lowest BCUT2D eigenvalue weighted by Crippen LogP contribution is -2.33. The Bertz CT molecular complexity index is 738. The van der Waals surface area contributed by atoms with Crippen molar-refractivity contribution in [2.75, 3.05) is 13.7 Å². The number of aromatic amines is 1. The summed E-state index contributed by atoms with van der Waals surface area (Å²) in [6.45, 7) is 1.03. The molecule has 0 aromatic carbocycles. The van der Waals surface area contributed by atoms with Crippen LogP contribution in [0.5, 0.6) is 0 Å². The van der Waals surface area contributed by atoms with Crippen molar-refractivity contribution in [2.45, 2.75) is 25.7 Å². The van der Waals surface area contributed by atoms with Crippen LogP contribution in [0.2, 0.25) is 0 Å². The lowest BCUT2D eigenvalue weighted by molar-refractivity contribution is -0.124. The number of hydrogen-bond donors (Lipinski definition) is 2. The van der Waals surface area contributed by atoms with Gasteiger partial charge in [-0.25, -0.2) is 9.36 Å². The van der Waals surface area contributed by atoms with Gasteiger partial charge in [0.05, 0.1) is 13.0 Å². The number of aromatic nitrogens is 2. The number of aryl methyl sites for hydroxylation is 1. The second-order valence-electron chi connectivity index (χ2n) is 4.68. The van der Waals surface area contributed by atoms with Crippen molar-refractivity contribution in [3.63, 3.8) is 0 Å². The Morgan fingerprint density at radius 2 is 2.18 bits per heavy atom. The van der Waals surface area contributed by atoms with E-state index in [2.05, 4.69) is 14.0 Å². The number of nitrogens with one attached hydrogen (secondary N) is 1. The van der Waals surface area contributed by atoms with Gasteiger partial charge < -0.3 is 9.63 Å². The van der Waals surface area contributed by atoms with Gasteiger partial charge in [0.15, 0.2) is 5.78 Å². The number of phosphoric acid groups is 1. The molecule has 1 aliphatic rings. The van der Waals surface area contributed by atoms with Crippen LogP contribution in [-0.4, -0.2) is 40.0 Å². The van der Waals surface area contributed by atoms with Crippen LogP contribution in [0.25, 0.3) is 0 Å². The lowest BCUT2D eigenvalue weighted by atomic mass is 10.2. The van der Waals surface area contributed by atoms with E-state index in [4.69, 9.17) is 9.63 Å². The fourth-order valence-electron chi connectivity index (χ4n) is 1.93. The van der Waals surface area contributed by atoms with Crippen molar-refractivity contribution >= 4 is 13.6 Å². The van der Waals surface area contributed by atoms with Crippen LogP contribution < -0.4 is 11.2 Å². The molecule has 22 heavy (non-hydrogen) atoms. The van der Waals surface area contributed by atoms with Crippen LogP contribution in [0.15, 0.2) is 15.8 Å². The minimum absolute atomic E-state index is 0.123. The van der Waals surface area contributed by atoms with Crippen molar-refractivity contribution in [3.05, 3.63) is 32.6 Å². The number of nitrogens with zero attached hydrogens (tertiary/aromatic N) is 1. The first-order chi connectivity index (χ1) is 10.2. The minimum atomic E-state index is -4.22. The van der Waals surface area contributed by atoms with Crippen LogP contribution in [-0.2, 0) is 23.1 Å². The first kappa shape index (κ1) is 16.8. The number of carbonyl (C=O) groups excluding carboxylic acids is 1. The zero-order valence-electron chi connectivity index (χ0n) is 11.8. The molecule has 10 nitrogen and oxygen atoms in total. The molecule has 2 N–H and O–H groups in total. The Labute approximate surface area is 124 Å². The average molecular weight is 334 g/mol. The highest BCUT2D eigenvalue weighted by molar-refractivity contribution is 7.47. The van der Waals surface area contributed by atoms with Crippen molar-refractivity contribution < 1.29 is 28.0 Å². The van der Waals surface area contributed by atoms with E-state index in [9.17, 15) is 18.9 Å². The summed E-state index contributed by atoms with van der Waals surface area (Å²) in [5.41, 5.74) is -0.943. The Hall–Kier alpha value is -1.58. The number of ether oxygens (including phenoxy) is 1. The van der Waals surface area contributed by atoms with Gasteiger partial charge in [0.1, 0.15) is 12.3 Å². The molecule has 3 atom stereocenters. The topological polar surface area (TPSA) is 137 Å². The van der Waals surface area contributed by atoms with E-state index >= 15 is 0 Å². The van der Waals surface area contributed by atoms with E-state index in [-0.39, 0.29) is 12.0 Å². The molecule has 2 rings (SSSR count). The Balaban J connectivity index is 2.13. The van der Waals surface area contributed by atoms with Crippen LogP contribution in [0.3, 0.4) is 0 Å². The molecule has 0 radical (unpaired) electrons. The molecule has 1 fully saturated rings. The molecule has 1 aromatic heterocycles. The van der Waals surface area contributed by atoms with Crippen molar-refractivity contribution in [2.24, 2.45) is 0 Å². The summed E-state index contributed by atoms with van der Waals surface area (Å²) >= 11 is 0. The summed E-state index contributed by atoms with van der Waals surface area (Å²) in [7, 11) is -3.23. The standard InChI is InChI=1S/C11H15N2O8P/c1-6-4-13(11(16)12-10(6)15)9-3-7(14)8(21-9)5-20-22(17,18)19-2/h4,8-9H,3,5H2,1-2H3,(H,17,18)(H,12,15,16)/t8-,9-/m1/s1. The highest BCUT2D eigenvalue weighted by atomic mass is 31.2. The maximum atomic E-state index is 11.8. The highest BCUT2D eigenvalue weighted by Gasteiger charge is 2.37. The quantitative estimate of drug-likeness (QED) is 0.685. The smallest absolute Gasteiger partial charge is 0.344 e. The predicted molar refractivity (Wildman–Crippen MR) is 72.4 cm³/mol. The van der Waals surface area contributed by atoms with E-state index in [1.807, 2.05) is 0 Å². The summed E-state index contributed by atoms with van der Waals surface area (Å²) in [5, 5.41) is 0. The number of phosphoric ester groups is 1. The van der Waals surface area contributed by atoms with E-state index in [1.54, 1.807) is 0 Å². The lowest BCUT2D eigenvalue weighted by Gasteiger charge is -2.16. The summed E-state index contributed by atoms with van der Waals surface area (Å²) < 4.78 is 26.4. The molecule has 0 bridgehead atoms. The predicted octanol–water partition coefficient (Wildman–Crippen LogP) is -0.535. The van der Waals surface area contributed by atoms with Crippen molar-refractivity contribution in [1.82, 2.24) is 9.55 Å². The van der Waals surface area contributed by atoms with E-state index in [1.165, 1.54) is 13.1 Å².